The summed E-state index contributed by atoms with van der Waals surface area (Å²) in [6, 6.07) is 2.38. The highest BCUT2D eigenvalue weighted by Crippen LogP contribution is 2.12. The van der Waals surface area contributed by atoms with Crippen molar-refractivity contribution in [1.82, 2.24) is 4.98 Å². The quantitative estimate of drug-likeness (QED) is 0.536. The average Bonchev–Trinajstić information content (AvgIpc) is 2.15. The van der Waals surface area contributed by atoms with Crippen LogP contribution >= 0.6 is 0 Å². The Morgan fingerprint density at radius 1 is 1.79 bits per heavy atom. The monoisotopic (exact) mass is 197 g/mol. The summed E-state index contributed by atoms with van der Waals surface area (Å²) in [7, 11) is 0. The molecule has 0 saturated heterocycles. The Balaban J connectivity index is 2.84. The molecule has 1 unspecified atom stereocenters. The number of hydroxylamine groups is 1. The Labute approximate surface area is 80.9 Å². The molecule has 2 amide bonds. The summed E-state index contributed by atoms with van der Waals surface area (Å²) < 4.78 is 0. The van der Waals surface area contributed by atoms with E-state index in [0.717, 1.165) is 5.06 Å². The molecule has 1 aromatic heterocycles. The van der Waals surface area contributed by atoms with Crippen LogP contribution in [0, 0.1) is 0 Å². The van der Waals surface area contributed by atoms with E-state index in [4.69, 9.17) is 15.7 Å². The molecular weight excluding hydrogens is 186 g/mol. The lowest BCUT2D eigenvalue weighted by Gasteiger charge is -2.20. The number of urea groups is 1. The zero-order chi connectivity index (χ0) is 10.6. The summed E-state index contributed by atoms with van der Waals surface area (Å²) in [5.74, 6) is 0. The smallest absolute Gasteiger partial charge is 0.343 e. The maximum Gasteiger partial charge on any atom is 0.343 e. The highest BCUT2D eigenvalue weighted by molar-refractivity contribution is 5.88. The van der Waals surface area contributed by atoms with E-state index in [9.17, 15) is 4.79 Å². The second-order valence-corrected chi connectivity index (χ2v) is 2.55. The fourth-order valence-electron chi connectivity index (χ4n) is 0.866. The molecule has 76 valence electrons. The van der Waals surface area contributed by atoms with Crippen LogP contribution in [-0.2, 0) is 4.84 Å². The fraction of sp³-hybridized carbons (Fsp3) is 0.250. The molecule has 0 aliphatic rings. The molecule has 1 rings (SSSR count). The van der Waals surface area contributed by atoms with Crippen LogP contribution in [0.3, 0.4) is 0 Å². The highest BCUT2D eigenvalue weighted by atomic mass is 16.8. The summed E-state index contributed by atoms with van der Waals surface area (Å²) in [6.07, 6.45) is 1.82. The van der Waals surface area contributed by atoms with Gasteiger partial charge in [-0.3, -0.25) is 4.98 Å². The molecule has 1 aromatic rings. The van der Waals surface area contributed by atoms with Gasteiger partial charge in [-0.2, -0.15) is 5.06 Å². The van der Waals surface area contributed by atoms with Crippen molar-refractivity contribution < 1.29 is 14.7 Å². The van der Waals surface area contributed by atoms with Crippen LogP contribution in [-0.4, -0.2) is 22.4 Å². The Bertz CT molecular complexity index is 302. The molecule has 0 aliphatic carbocycles. The van der Waals surface area contributed by atoms with Crippen LogP contribution in [0.4, 0.5) is 10.5 Å². The van der Waals surface area contributed by atoms with Crippen molar-refractivity contribution in [2.75, 3.05) is 5.06 Å². The van der Waals surface area contributed by atoms with Crippen molar-refractivity contribution in [3.05, 3.63) is 24.5 Å². The first-order valence-electron chi connectivity index (χ1n) is 3.95. The molecule has 0 spiro atoms. The zero-order valence-corrected chi connectivity index (χ0v) is 7.62. The lowest BCUT2D eigenvalue weighted by molar-refractivity contribution is -0.0864. The Kier molecular flexibility index (Phi) is 3.38. The zero-order valence-electron chi connectivity index (χ0n) is 7.62. The summed E-state index contributed by atoms with van der Waals surface area (Å²) in [5.41, 5.74) is 5.40. The van der Waals surface area contributed by atoms with Crippen molar-refractivity contribution in [2.24, 2.45) is 5.73 Å². The number of carbonyl (C=O) groups is 1. The van der Waals surface area contributed by atoms with Gasteiger partial charge in [-0.25, -0.2) is 9.63 Å². The minimum Gasteiger partial charge on any atom is -0.366 e. The van der Waals surface area contributed by atoms with Gasteiger partial charge in [-0.1, -0.05) is 0 Å². The van der Waals surface area contributed by atoms with Crippen LogP contribution in [0.2, 0.25) is 0 Å². The summed E-state index contributed by atoms with van der Waals surface area (Å²) in [5, 5.41) is 9.72. The van der Waals surface area contributed by atoms with Crippen molar-refractivity contribution in [3.63, 3.8) is 0 Å². The molecule has 0 aliphatic heterocycles. The third-order valence-corrected chi connectivity index (χ3v) is 1.34. The number of amides is 2. The summed E-state index contributed by atoms with van der Waals surface area (Å²) in [6.45, 7) is 1.37. The summed E-state index contributed by atoms with van der Waals surface area (Å²) in [4.78, 5) is 19.5. The molecule has 0 aromatic carbocycles. The van der Waals surface area contributed by atoms with Gasteiger partial charge in [0, 0.05) is 6.20 Å². The fourth-order valence-corrected chi connectivity index (χ4v) is 0.866. The molecule has 1 atom stereocenters. The number of nitrogens with two attached hydrogens (primary N) is 1. The Hall–Kier alpha value is -1.66. The van der Waals surface area contributed by atoms with E-state index in [0.29, 0.717) is 5.69 Å². The van der Waals surface area contributed by atoms with E-state index in [1.54, 1.807) is 18.3 Å². The standard InChI is InChI=1S/C8H11N3O3/c1-6(12)14-11(8(9)13)7-3-2-4-10-5-7/h2-6,12H,1H3,(H2,9,13). The normalized spacial score (nSPS) is 12.1. The lowest BCUT2D eigenvalue weighted by Crippen LogP contribution is -2.38. The number of hydrogen-bond acceptors (Lipinski definition) is 4. The van der Waals surface area contributed by atoms with Gasteiger partial charge in [0.25, 0.3) is 0 Å². The number of aromatic nitrogens is 1. The number of hydrogen-bond donors (Lipinski definition) is 2. The van der Waals surface area contributed by atoms with Gasteiger partial charge >= 0.3 is 6.03 Å². The lowest BCUT2D eigenvalue weighted by atomic mass is 10.4. The SMILES string of the molecule is CC(O)ON(C(N)=O)c1cccnc1. The minimum atomic E-state index is -1.12. The van der Waals surface area contributed by atoms with E-state index in [1.165, 1.54) is 13.1 Å². The molecule has 0 saturated carbocycles. The highest BCUT2D eigenvalue weighted by Gasteiger charge is 2.15. The largest absolute Gasteiger partial charge is 0.366 e. The van der Waals surface area contributed by atoms with Gasteiger partial charge in [-0.15, -0.1) is 0 Å². The second kappa shape index (κ2) is 4.54. The maximum absolute atomic E-state index is 10.9. The number of pyridine rings is 1. The molecule has 14 heavy (non-hydrogen) atoms. The van der Waals surface area contributed by atoms with Gasteiger partial charge < -0.3 is 10.8 Å². The van der Waals surface area contributed by atoms with E-state index in [2.05, 4.69) is 4.98 Å². The van der Waals surface area contributed by atoms with Crippen molar-refractivity contribution in [2.45, 2.75) is 13.2 Å². The number of rotatable bonds is 3. The van der Waals surface area contributed by atoms with Gasteiger partial charge in [0.15, 0.2) is 6.29 Å². The van der Waals surface area contributed by atoms with Gasteiger partial charge in [0.1, 0.15) is 0 Å². The molecule has 6 nitrogen and oxygen atoms in total. The predicted octanol–water partition coefficient (Wildman–Crippen LogP) is 0.237. The number of carbonyl (C=O) groups excluding carboxylic acids is 1. The first-order valence-corrected chi connectivity index (χ1v) is 3.95. The van der Waals surface area contributed by atoms with E-state index < -0.39 is 12.3 Å². The van der Waals surface area contributed by atoms with Crippen molar-refractivity contribution in [1.29, 1.82) is 0 Å². The number of aliphatic hydroxyl groups excluding tert-OH is 1. The van der Waals surface area contributed by atoms with Crippen LogP contribution in [0.1, 0.15) is 6.92 Å². The first-order chi connectivity index (χ1) is 6.61. The van der Waals surface area contributed by atoms with Gasteiger partial charge in [0.2, 0.25) is 0 Å². The van der Waals surface area contributed by atoms with Crippen molar-refractivity contribution in [3.8, 4) is 0 Å². The molecule has 0 radical (unpaired) electrons. The third kappa shape index (κ3) is 2.68. The molecule has 0 fully saturated rings. The maximum atomic E-state index is 10.9. The molecule has 1 heterocycles. The molecule has 6 heteroatoms. The number of anilines is 1. The number of nitrogens with zero attached hydrogens (tertiary/aromatic N) is 2. The number of aliphatic hydroxyl groups is 1. The van der Waals surface area contributed by atoms with E-state index >= 15 is 0 Å². The number of primary amides is 1. The third-order valence-electron chi connectivity index (χ3n) is 1.34. The van der Waals surface area contributed by atoms with Gasteiger partial charge in [0.05, 0.1) is 11.9 Å². The Morgan fingerprint density at radius 2 is 2.50 bits per heavy atom. The molecule has 3 N–H and O–H groups in total. The van der Waals surface area contributed by atoms with Crippen LogP contribution < -0.4 is 10.8 Å². The molecule has 0 bridgehead atoms. The van der Waals surface area contributed by atoms with Crippen LogP contribution in [0.25, 0.3) is 0 Å². The average molecular weight is 197 g/mol. The van der Waals surface area contributed by atoms with E-state index in [-0.39, 0.29) is 0 Å². The minimum absolute atomic E-state index is 0.362. The topological polar surface area (TPSA) is 88.7 Å². The Morgan fingerprint density at radius 3 is 2.93 bits per heavy atom. The summed E-state index contributed by atoms with van der Waals surface area (Å²) >= 11 is 0. The second-order valence-electron chi connectivity index (χ2n) is 2.55. The van der Waals surface area contributed by atoms with Gasteiger partial charge in [-0.05, 0) is 19.1 Å². The van der Waals surface area contributed by atoms with Crippen LogP contribution in [0.15, 0.2) is 24.5 Å². The van der Waals surface area contributed by atoms with E-state index in [1.807, 2.05) is 0 Å². The predicted molar refractivity (Wildman–Crippen MR) is 49.1 cm³/mol. The first kappa shape index (κ1) is 10.4. The molecular formula is C8H11N3O3. The van der Waals surface area contributed by atoms with Crippen LogP contribution in [0.5, 0.6) is 0 Å². The van der Waals surface area contributed by atoms with Crippen molar-refractivity contribution >= 4 is 11.7 Å².